The third-order valence-electron chi connectivity index (χ3n) is 2.91. The van der Waals surface area contributed by atoms with Gasteiger partial charge in [0.1, 0.15) is 4.90 Å². The smallest absolute Gasteiger partial charge is 0.545 e. The van der Waals surface area contributed by atoms with E-state index >= 15 is 0 Å². The molecule has 3 N–H and O–H groups in total. The van der Waals surface area contributed by atoms with E-state index in [1.807, 2.05) is 0 Å². The van der Waals surface area contributed by atoms with Gasteiger partial charge in [-0.15, -0.1) is 0 Å². The number of benzene rings is 1. The molecule has 0 atom stereocenters. The van der Waals surface area contributed by atoms with Gasteiger partial charge < -0.3 is 30.0 Å². The fraction of sp³-hybridized carbons (Fsp3) is 0.333. The Morgan fingerprint density at radius 3 is 1.46 bits per heavy atom. The molecule has 0 fully saturated rings. The Balaban J connectivity index is 0. The minimum Gasteiger partial charge on any atom is -0.545 e. The Morgan fingerprint density at radius 1 is 0.917 bits per heavy atom. The molecule has 12 heteroatoms. The van der Waals surface area contributed by atoms with Crippen LogP contribution in [0.4, 0.5) is 0 Å². The predicted molar refractivity (Wildman–Crippen MR) is 66.5 cm³/mol. The SMILES string of the molecule is O=C([O-])c1cc(C(=O)[O-])c(CCO)c(S(=O)(=O)O)c1CCO.[Na+].[Na+]. The molecule has 0 amide bonds. The van der Waals surface area contributed by atoms with Gasteiger partial charge in [0.15, 0.2) is 0 Å². The van der Waals surface area contributed by atoms with E-state index in [9.17, 15) is 32.8 Å². The molecule has 0 saturated carbocycles. The summed E-state index contributed by atoms with van der Waals surface area (Å²) in [4.78, 5) is 21.2. The molecule has 0 aliphatic heterocycles. The van der Waals surface area contributed by atoms with Crippen LogP contribution in [0.2, 0.25) is 0 Å². The van der Waals surface area contributed by atoms with Crippen molar-refractivity contribution >= 4 is 22.1 Å². The molecular weight excluding hydrogens is 366 g/mol. The van der Waals surface area contributed by atoms with E-state index in [4.69, 9.17) is 10.2 Å². The molecule has 0 spiro atoms. The van der Waals surface area contributed by atoms with E-state index in [1.165, 1.54) is 0 Å². The maximum absolute atomic E-state index is 11.5. The molecule has 24 heavy (non-hydrogen) atoms. The Hall–Kier alpha value is -0.01000. The first-order chi connectivity index (χ1) is 10.1. The zero-order chi connectivity index (χ0) is 17.1. The van der Waals surface area contributed by atoms with Crippen molar-refractivity contribution in [2.75, 3.05) is 13.2 Å². The minimum absolute atomic E-state index is 0. The summed E-state index contributed by atoms with van der Waals surface area (Å²) in [6.45, 7) is -1.32. The summed E-state index contributed by atoms with van der Waals surface area (Å²) >= 11 is 0. The van der Waals surface area contributed by atoms with Crippen molar-refractivity contribution in [3.63, 3.8) is 0 Å². The molecule has 0 bridgehead atoms. The van der Waals surface area contributed by atoms with Gasteiger partial charge in [0, 0.05) is 24.3 Å². The predicted octanol–water partition coefficient (Wildman–Crippen LogP) is -9.26. The van der Waals surface area contributed by atoms with Gasteiger partial charge >= 0.3 is 59.1 Å². The van der Waals surface area contributed by atoms with Gasteiger partial charge in [-0.2, -0.15) is 8.42 Å². The van der Waals surface area contributed by atoms with E-state index in [-0.39, 0.29) is 59.1 Å². The number of carboxylic acids is 2. The Bertz CT molecular complexity index is 673. The zero-order valence-electron chi connectivity index (χ0n) is 13.1. The number of carboxylic acid groups (broad SMARTS) is 2. The van der Waals surface area contributed by atoms with Crippen LogP contribution in [0.3, 0.4) is 0 Å². The van der Waals surface area contributed by atoms with Crippen LogP contribution < -0.4 is 69.3 Å². The molecule has 0 aliphatic rings. The summed E-state index contributed by atoms with van der Waals surface area (Å²) in [5.41, 5.74) is -2.61. The molecule has 1 rings (SSSR count). The van der Waals surface area contributed by atoms with Crippen LogP contribution >= 0.6 is 0 Å². The average Bonchev–Trinajstić information content (AvgIpc) is 2.37. The summed E-state index contributed by atoms with van der Waals surface area (Å²) in [5.74, 6) is -3.77. The Labute approximate surface area is 182 Å². The molecule has 0 radical (unpaired) electrons. The maximum atomic E-state index is 11.5. The number of hydrogen-bond acceptors (Lipinski definition) is 8. The topological polar surface area (TPSA) is 175 Å². The first-order valence-corrected chi connectivity index (χ1v) is 7.39. The van der Waals surface area contributed by atoms with Gasteiger partial charge in [0.05, 0.1) is 11.9 Å². The van der Waals surface area contributed by atoms with Crippen molar-refractivity contribution in [3.8, 4) is 0 Å². The number of hydrogen-bond donors (Lipinski definition) is 3. The Morgan fingerprint density at radius 2 is 1.25 bits per heavy atom. The van der Waals surface area contributed by atoms with Gasteiger partial charge in [-0.3, -0.25) is 4.55 Å². The quantitative estimate of drug-likeness (QED) is 0.307. The van der Waals surface area contributed by atoms with Crippen molar-refractivity contribution in [3.05, 3.63) is 28.3 Å². The summed E-state index contributed by atoms with van der Waals surface area (Å²) in [6, 6.07) is 0.620. The van der Waals surface area contributed by atoms with Crippen LogP contribution in [0.25, 0.3) is 0 Å². The first kappa shape index (κ1) is 26.2. The largest absolute Gasteiger partial charge is 1.00 e. The standard InChI is InChI=1S/C12H14O9S.2Na/c13-3-1-6-8(11(15)16)5-9(12(17)18)7(2-4-14)10(6)22(19,20)21;;/h5,13-14H,1-4H2,(H,15,16)(H,17,18)(H,19,20,21);;/q;2*+1/p-2. The fourth-order valence-electron chi connectivity index (χ4n) is 2.14. The first-order valence-electron chi connectivity index (χ1n) is 5.95. The monoisotopic (exact) mass is 378 g/mol. The second-order valence-electron chi connectivity index (χ2n) is 4.26. The van der Waals surface area contributed by atoms with E-state index in [1.54, 1.807) is 0 Å². The molecule has 0 aliphatic carbocycles. The van der Waals surface area contributed by atoms with Crippen LogP contribution in [-0.4, -0.2) is 48.3 Å². The van der Waals surface area contributed by atoms with E-state index < -0.39 is 75.3 Å². The third-order valence-corrected chi connectivity index (χ3v) is 3.92. The van der Waals surface area contributed by atoms with Crippen LogP contribution in [0.15, 0.2) is 11.0 Å². The molecular formula is C12H12Na2O9S. The second-order valence-corrected chi connectivity index (χ2v) is 5.61. The molecule has 1 aromatic carbocycles. The van der Waals surface area contributed by atoms with Crippen LogP contribution in [-0.2, 0) is 23.0 Å². The number of aromatic carboxylic acids is 2. The van der Waals surface area contributed by atoms with Crippen molar-refractivity contribution < 1.29 is 102 Å². The maximum Gasteiger partial charge on any atom is 1.00 e. The average molecular weight is 378 g/mol. The van der Waals surface area contributed by atoms with Crippen LogP contribution in [0.1, 0.15) is 31.8 Å². The zero-order valence-corrected chi connectivity index (χ0v) is 17.9. The van der Waals surface area contributed by atoms with Crippen molar-refractivity contribution in [2.24, 2.45) is 0 Å². The summed E-state index contributed by atoms with van der Waals surface area (Å²) in [5, 5.41) is 40.1. The summed E-state index contributed by atoms with van der Waals surface area (Å²) in [6.07, 6.45) is -0.964. The fourth-order valence-corrected chi connectivity index (χ4v) is 3.19. The molecule has 0 aromatic heterocycles. The number of aliphatic hydroxyl groups is 2. The molecule has 0 saturated heterocycles. The normalized spacial score (nSPS) is 10.5. The molecule has 9 nitrogen and oxygen atoms in total. The molecule has 1 aromatic rings. The van der Waals surface area contributed by atoms with E-state index in [2.05, 4.69) is 0 Å². The van der Waals surface area contributed by atoms with Crippen LogP contribution in [0, 0.1) is 0 Å². The Kier molecular flexibility index (Phi) is 11.9. The van der Waals surface area contributed by atoms with Crippen molar-refractivity contribution in [2.45, 2.75) is 17.7 Å². The molecule has 122 valence electrons. The number of carbonyl (C=O) groups excluding carboxylic acids is 2. The van der Waals surface area contributed by atoms with Gasteiger partial charge in [-0.05, 0) is 30.0 Å². The molecule has 0 heterocycles. The van der Waals surface area contributed by atoms with Gasteiger partial charge in [0.2, 0.25) is 0 Å². The number of carbonyl (C=O) groups is 2. The molecule has 0 unspecified atom stereocenters. The number of aliphatic hydroxyl groups excluding tert-OH is 2. The summed E-state index contributed by atoms with van der Waals surface area (Å²) in [7, 11) is -5.02. The summed E-state index contributed by atoms with van der Waals surface area (Å²) < 4.78 is 32.4. The van der Waals surface area contributed by atoms with Crippen molar-refractivity contribution in [1.82, 2.24) is 0 Å². The van der Waals surface area contributed by atoms with E-state index in [0.29, 0.717) is 6.07 Å². The third kappa shape index (κ3) is 6.06. The van der Waals surface area contributed by atoms with Gasteiger partial charge in [-0.25, -0.2) is 0 Å². The minimum atomic E-state index is -5.02. The van der Waals surface area contributed by atoms with Gasteiger partial charge in [0.25, 0.3) is 10.1 Å². The van der Waals surface area contributed by atoms with E-state index in [0.717, 1.165) is 0 Å². The van der Waals surface area contributed by atoms with Gasteiger partial charge in [-0.1, -0.05) is 0 Å². The van der Waals surface area contributed by atoms with Crippen molar-refractivity contribution in [1.29, 1.82) is 0 Å². The second kappa shape index (κ2) is 10.9. The van der Waals surface area contributed by atoms with Crippen LogP contribution in [0.5, 0.6) is 0 Å². The number of rotatable bonds is 7.